The van der Waals surface area contributed by atoms with Crippen molar-refractivity contribution >= 4 is 22.6 Å². The van der Waals surface area contributed by atoms with Gasteiger partial charge in [-0.05, 0) is 31.0 Å². The maximum absolute atomic E-state index is 12.3. The third-order valence-corrected chi connectivity index (χ3v) is 3.99. The second-order valence-electron chi connectivity index (χ2n) is 6.38. The molecule has 3 heterocycles. The lowest BCUT2D eigenvalue weighted by molar-refractivity contribution is -0.116. The van der Waals surface area contributed by atoms with E-state index in [1.54, 1.807) is 36.3 Å². The van der Waals surface area contributed by atoms with E-state index in [2.05, 4.69) is 20.4 Å². The number of nitrogens with one attached hydrogen (secondary N) is 1. The minimum absolute atomic E-state index is 0.0885. The topological polar surface area (TPSA) is 81.9 Å². The Morgan fingerprint density at radius 1 is 1.36 bits per heavy atom. The molecule has 3 aromatic rings. The molecule has 0 fully saturated rings. The SMILES string of the molecule is CCCC(=O)Nc1nccc2nn(Cc3cnc(OCC(F)F)c(C)c3)cc12. The molecule has 0 spiro atoms. The number of aryl methyl sites for hydroxylation is 1. The van der Waals surface area contributed by atoms with Crippen molar-refractivity contribution in [2.24, 2.45) is 0 Å². The number of halogens is 2. The Bertz CT molecular complexity index is 974. The number of alkyl halides is 2. The van der Waals surface area contributed by atoms with Gasteiger partial charge in [0, 0.05) is 30.6 Å². The third kappa shape index (κ3) is 4.79. The van der Waals surface area contributed by atoms with Crippen LogP contribution in [-0.2, 0) is 11.3 Å². The van der Waals surface area contributed by atoms with Gasteiger partial charge in [0.15, 0.2) is 6.61 Å². The summed E-state index contributed by atoms with van der Waals surface area (Å²) in [6, 6.07) is 3.59. The highest BCUT2D eigenvalue weighted by Gasteiger charge is 2.11. The zero-order valence-electron chi connectivity index (χ0n) is 15.7. The molecule has 0 saturated carbocycles. The number of aromatic nitrogens is 4. The molecule has 3 aromatic heterocycles. The van der Waals surface area contributed by atoms with Crippen molar-refractivity contribution in [3.63, 3.8) is 0 Å². The molecule has 28 heavy (non-hydrogen) atoms. The van der Waals surface area contributed by atoms with Crippen LogP contribution in [0.2, 0.25) is 0 Å². The van der Waals surface area contributed by atoms with E-state index in [4.69, 9.17) is 4.74 Å². The van der Waals surface area contributed by atoms with Crippen LogP contribution in [0.3, 0.4) is 0 Å². The molecular formula is C19H21F2N5O2. The largest absolute Gasteiger partial charge is 0.471 e. The lowest BCUT2D eigenvalue weighted by atomic mass is 10.2. The molecule has 0 aliphatic carbocycles. The van der Waals surface area contributed by atoms with Crippen LogP contribution in [0.1, 0.15) is 30.9 Å². The van der Waals surface area contributed by atoms with Crippen LogP contribution in [-0.4, -0.2) is 38.7 Å². The molecule has 148 valence electrons. The highest BCUT2D eigenvalue weighted by molar-refractivity contribution is 5.98. The zero-order valence-corrected chi connectivity index (χ0v) is 15.7. The minimum atomic E-state index is -2.54. The van der Waals surface area contributed by atoms with E-state index < -0.39 is 13.0 Å². The summed E-state index contributed by atoms with van der Waals surface area (Å²) in [5.74, 6) is 0.585. The first-order chi connectivity index (χ1) is 13.5. The predicted octanol–water partition coefficient (Wildman–Crippen LogP) is 3.57. The van der Waals surface area contributed by atoms with Gasteiger partial charge in [0.1, 0.15) is 5.82 Å². The highest BCUT2D eigenvalue weighted by Crippen LogP contribution is 2.21. The van der Waals surface area contributed by atoms with Crippen LogP contribution in [0.5, 0.6) is 5.88 Å². The summed E-state index contributed by atoms with van der Waals surface area (Å²) < 4.78 is 31.3. The number of carbonyl (C=O) groups excluding carboxylic acids is 1. The summed E-state index contributed by atoms with van der Waals surface area (Å²) in [6.07, 6.45) is 3.62. The van der Waals surface area contributed by atoms with Gasteiger partial charge in [-0.2, -0.15) is 5.10 Å². The average Bonchev–Trinajstić information content (AvgIpc) is 3.04. The zero-order chi connectivity index (χ0) is 20.1. The van der Waals surface area contributed by atoms with Gasteiger partial charge >= 0.3 is 0 Å². The number of carbonyl (C=O) groups is 1. The fourth-order valence-electron chi connectivity index (χ4n) is 2.78. The molecule has 0 unspecified atom stereocenters. The standard InChI is InChI=1S/C19H21F2N5O2/c1-3-4-17(27)24-18-14-10-26(25-15(14)5-6-22-18)9-13-7-12(2)19(23-8-13)28-11-16(20)21/h5-8,10,16H,3-4,9,11H2,1-2H3,(H,22,24,27). The number of pyridine rings is 2. The summed E-state index contributed by atoms with van der Waals surface area (Å²) in [4.78, 5) is 20.2. The number of fused-ring (bicyclic) bond motifs is 1. The average molecular weight is 389 g/mol. The van der Waals surface area contributed by atoms with Crippen molar-refractivity contribution in [3.8, 4) is 5.88 Å². The van der Waals surface area contributed by atoms with Crippen LogP contribution >= 0.6 is 0 Å². The van der Waals surface area contributed by atoms with Crippen molar-refractivity contribution < 1.29 is 18.3 Å². The van der Waals surface area contributed by atoms with Gasteiger partial charge in [-0.15, -0.1) is 0 Å². The normalized spacial score (nSPS) is 11.2. The maximum Gasteiger partial charge on any atom is 0.272 e. The van der Waals surface area contributed by atoms with Crippen LogP contribution in [0, 0.1) is 6.92 Å². The Balaban J connectivity index is 1.77. The molecular weight excluding hydrogens is 368 g/mol. The van der Waals surface area contributed by atoms with Gasteiger partial charge in [0.2, 0.25) is 11.8 Å². The summed E-state index contributed by atoms with van der Waals surface area (Å²) >= 11 is 0. The first kappa shape index (κ1) is 19.7. The molecule has 0 aliphatic rings. The van der Waals surface area contributed by atoms with Crippen molar-refractivity contribution in [3.05, 3.63) is 41.9 Å². The molecule has 0 aromatic carbocycles. The molecule has 1 amide bonds. The maximum atomic E-state index is 12.3. The lowest BCUT2D eigenvalue weighted by Crippen LogP contribution is -2.11. The van der Waals surface area contributed by atoms with Crippen molar-refractivity contribution in [1.82, 2.24) is 19.7 Å². The second kappa shape index (κ2) is 8.73. The van der Waals surface area contributed by atoms with E-state index in [9.17, 15) is 13.6 Å². The van der Waals surface area contributed by atoms with E-state index in [0.717, 1.165) is 17.4 Å². The van der Waals surface area contributed by atoms with Crippen LogP contribution in [0.4, 0.5) is 14.6 Å². The Morgan fingerprint density at radius 3 is 2.89 bits per heavy atom. The second-order valence-corrected chi connectivity index (χ2v) is 6.38. The van der Waals surface area contributed by atoms with Crippen molar-refractivity contribution in [2.75, 3.05) is 11.9 Å². The van der Waals surface area contributed by atoms with Gasteiger partial charge in [-0.1, -0.05) is 6.92 Å². The van der Waals surface area contributed by atoms with Gasteiger partial charge in [0.25, 0.3) is 6.43 Å². The van der Waals surface area contributed by atoms with E-state index >= 15 is 0 Å². The van der Waals surface area contributed by atoms with Crippen LogP contribution < -0.4 is 10.1 Å². The quantitative estimate of drug-likeness (QED) is 0.637. The van der Waals surface area contributed by atoms with E-state index in [1.165, 1.54) is 0 Å². The first-order valence-electron chi connectivity index (χ1n) is 8.94. The van der Waals surface area contributed by atoms with Gasteiger partial charge in [-0.3, -0.25) is 9.48 Å². The summed E-state index contributed by atoms with van der Waals surface area (Å²) in [6.45, 7) is 3.44. The number of rotatable bonds is 8. The summed E-state index contributed by atoms with van der Waals surface area (Å²) in [5, 5.41) is 8.05. The number of hydrogen-bond donors (Lipinski definition) is 1. The predicted molar refractivity (Wildman–Crippen MR) is 101 cm³/mol. The summed E-state index contributed by atoms with van der Waals surface area (Å²) in [5.41, 5.74) is 2.23. The summed E-state index contributed by atoms with van der Waals surface area (Å²) in [7, 11) is 0. The first-order valence-corrected chi connectivity index (χ1v) is 8.94. The third-order valence-electron chi connectivity index (χ3n) is 3.99. The monoisotopic (exact) mass is 389 g/mol. The fraction of sp³-hybridized carbons (Fsp3) is 0.368. The molecule has 3 rings (SSSR count). The van der Waals surface area contributed by atoms with Gasteiger partial charge < -0.3 is 10.1 Å². The van der Waals surface area contributed by atoms with Gasteiger partial charge in [-0.25, -0.2) is 18.7 Å². The number of ether oxygens (including phenoxy) is 1. The fourth-order valence-corrected chi connectivity index (χ4v) is 2.78. The minimum Gasteiger partial charge on any atom is -0.471 e. The molecule has 0 aliphatic heterocycles. The molecule has 9 heteroatoms. The molecule has 7 nitrogen and oxygen atoms in total. The van der Waals surface area contributed by atoms with Gasteiger partial charge in [0.05, 0.1) is 17.4 Å². The number of hydrogen-bond acceptors (Lipinski definition) is 5. The Kier molecular flexibility index (Phi) is 6.13. The Labute approximate surface area is 160 Å². The molecule has 1 N–H and O–H groups in total. The van der Waals surface area contributed by atoms with Crippen LogP contribution in [0.15, 0.2) is 30.7 Å². The number of amides is 1. The molecule has 0 bridgehead atoms. The molecule has 0 radical (unpaired) electrons. The molecule has 0 saturated heterocycles. The highest BCUT2D eigenvalue weighted by atomic mass is 19.3. The van der Waals surface area contributed by atoms with E-state index in [0.29, 0.717) is 29.9 Å². The smallest absolute Gasteiger partial charge is 0.272 e. The Morgan fingerprint density at radius 2 is 2.18 bits per heavy atom. The van der Waals surface area contributed by atoms with E-state index in [-0.39, 0.29) is 11.8 Å². The van der Waals surface area contributed by atoms with E-state index in [1.807, 2.05) is 13.0 Å². The molecule has 0 atom stereocenters. The van der Waals surface area contributed by atoms with Crippen molar-refractivity contribution in [1.29, 1.82) is 0 Å². The number of anilines is 1. The lowest BCUT2D eigenvalue weighted by Gasteiger charge is -2.09. The van der Waals surface area contributed by atoms with Crippen molar-refractivity contribution in [2.45, 2.75) is 39.7 Å². The van der Waals surface area contributed by atoms with Crippen LogP contribution in [0.25, 0.3) is 10.9 Å². The Hall–Kier alpha value is -3.10. The number of nitrogens with zero attached hydrogens (tertiary/aromatic N) is 4.